The standard InChI is InChI=1S/C14H24N6O2/c1-14(2,3)22-13(21)20-8-6-19(7-9-20)12-16-10-15-11(17-12)18(4)5/h10H,6-9H2,1-5H3. The zero-order valence-electron chi connectivity index (χ0n) is 13.9. The number of carbonyl (C=O) groups is 1. The molecule has 22 heavy (non-hydrogen) atoms. The number of nitrogens with zero attached hydrogens (tertiary/aromatic N) is 6. The molecule has 1 aromatic heterocycles. The van der Waals surface area contributed by atoms with Crippen molar-refractivity contribution in [2.45, 2.75) is 26.4 Å². The number of piperazine rings is 1. The SMILES string of the molecule is CN(C)c1ncnc(N2CCN(C(=O)OC(C)(C)C)CC2)n1. The van der Waals surface area contributed by atoms with Crippen molar-refractivity contribution in [3.8, 4) is 0 Å². The molecule has 2 heterocycles. The van der Waals surface area contributed by atoms with Gasteiger partial charge in [-0.1, -0.05) is 0 Å². The summed E-state index contributed by atoms with van der Waals surface area (Å²) in [6.45, 7) is 8.15. The van der Waals surface area contributed by atoms with Gasteiger partial charge < -0.3 is 19.4 Å². The van der Waals surface area contributed by atoms with Crippen molar-refractivity contribution in [2.75, 3.05) is 50.1 Å². The monoisotopic (exact) mass is 308 g/mol. The van der Waals surface area contributed by atoms with E-state index in [0.717, 1.165) is 0 Å². The summed E-state index contributed by atoms with van der Waals surface area (Å²) in [7, 11) is 3.78. The molecule has 1 amide bonds. The van der Waals surface area contributed by atoms with E-state index in [-0.39, 0.29) is 6.09 Å². The number of carbonyl (C=O) groups excluding carboxylic acids is 1. The molecule has 0 bridgehead atoms. The summed E-state index contributed by atoms with van der Waals surface area (Å²) in [5, 5.41) is 0. The van der Waals surface area contributed by atoms with Crippen molar-refractivity contribution in [2.24, 2.45) is 0 Å². The molecule has 0 unspecified atom stereocenters. The minimum absolute atomic E-state index is 0.267. The van der Waals surface area contributed by atoms with Gasteiger partial charge in [0.25, 0.3) is 0 Å². The molecule has 0 radical (unpaired) electrons. The van der Waals surface area contributed by atoms with Crippen LogP contribution in [0.4, 0.5) is 16.7 Å². The van der Waals surface area contributed by atoms with E-state index in [1.165, 1.54) is 6.33 Å². The van der Waals surface area contributed by atoms with E-state index in [4.69, 9.17) is 4.74 Å². The van der Waals surface area contributed by atoms with Gasteiger partial charge in [0, 0.05) is 40.3 Å². The van der Waals surface area contributed by atoms with E-state index in [0.29, 0.717) is 38.1 Å². The highest BCUT2D eigenvalue weighted by molar-refractivity contribution is 5.68. The highest BCUT2D eigenvalue weighted by atomic mass is 16.6. The summed E-state index contributed by atoms with van der Waals surface area (Å²) >= 11 is 0. The van der Waals surface area contributed by atoms with Crippen molar-refractivity contribution < 1.29 is 9.53 Å². The van der Waals surface area contributed by atoms with Gasteiger partial charge in [0.15, 0.2) is 0 Å². The third-order valence-electron chi connectivity index (χ3n) is 3.16. The van der Waals surface area contributed by atoms with Crippen LogP contribution >= 0.6 is 0 Å². The zero-order valence-corrected chi connectivity index (χ0v) is 13.9. The topological polar surface area (TPSA) is 74.7 Å². The fraction of sp³-hybridized carbons (Fsp3) is 0.714. The molecule has 0 spiro atoms. The molecule has 8 heteroatoms. The van der Waals surface area contributed by atoms with E-state index < -0.39 is 5.60 Å². The molecule has 1 saturated heterocycles. The molecule has 8 nitrogen and oxygen atoms in total. The van der Waals surface area contributed by atoms with Crippen molar-refractivity contribution in [3.05, 3.63) is 6.33 Å². The molecular formula is C14H24N6O2. The van der Waals surface area contributed by atoms with Gasteiger partial charge >= 0.3 is 6.09 Å². The van der Waals surface area contributed by atoms with Crippen molar-refractivity contribution in [3.63, 3.8) is 0 Å². The van der Waals surface area contributed by atoms with Gasteiger partial charge in [0.1, 0.15) is 11.9 Å². The first-order chi connectivity index (χ1) is 10.3. The Bertz CT molecular complexity index is 520. The van der Waals surface area contributed by atoms with E-state index >= 15 is 0 Å². The van der Waals surface area contributed by atoms with Crippen LogP contribution in [0.3, 0.4) is 0 Å². The lowest BCUT2D eigenvalue weighted by molar-refractivity contribution is 0.0240. The number of amides is 1. The highest BCUT2D eigenvalue weighted by Crippen LogP contribution is 2.15. The second-order valence-electron chi connectivity index (χ2n) is 6.43. The minimum Gasteiger partial charge on any atom is -0.444 e. The van der Waals surface area contributed by atoms with Crippen molar-refractivity contribution >= 4 is 18.0 Å². The number of anilines is 2. The molecule has 1 aromatic rings. The Morgan fingerprint density at radius 1 is 1.18 bits per heavy atom. The molecular weight excluding hydrogens is 284 g/mol. The Hall–Kier alpha value is -2.12. The maximum Gasteiger partial charge on any atom is 0.410 e. The van der Waals surface area contributed by atoms with Gasteiger partial charge in [-0.25, -0.2) is 14.8 Å². The van der Waals surface area contributed by atoms with Gasteiger partial charge in [-0.3, -0.25) is 0 Å². The van der Waals surface area contributed by atoms with Crippen molar-refractivity contribution in [1.29, 1.82) is 0 Å². The van der Waals surface area contributed by atoms with Crippen LogP contribution in [-0.4, -0.2) is 71.8 Å². The fourth-order valence-corrected chi connectivity index (χ4v) is 2.06. The Balaban J connectivity index is 1.95. The molecule has 2 rings (SSSR count). The first-order valence-corrected chi connectivity index (χ1v) is 7.35. The van der Waals surface area contributed by atoms with E-state index in [1.54, 1.807) is 4.90 Å². The normalized spacial score (nSPS) is 15.7. The molecule has 122 valence electrons. The molecule has 0 aromatic carbocycles. The Labute approximate surface area is 131 Å². The average Bonchev–Trinajstić information content (AvgIpc) is 2.46. The highest BCUT2D eigenvalue weighted by Gasteiger charge is 2.26. The third-order valence-corrected chi connectivity index (χ3v) is 3.16. The molecule has 0 atom stereocenters. The van der Waals surface area contributed by atoms with E-state index in [2.05, 4.69) is 19.9 Å². The van der Waals surface area contributed by atoms with Gasteiger partial charge in [-0.05, 0) is 20.8 Å². The van der Waals surface area contributed by atoms with E-state index in [9.17, 15) is 4.79 Å². The Morgan fingerprint density at radius 3 is 2.36 bits per heavy atom. The van der Waals surface area contributed by atoms with Crippen LogP contribution in [0, 0.1) is 0 Å². The summed E-state index contributed by atoms with van der Waals surface area (Å²) in [6.07, 6.45) is 1.24. The number of aromatic nitrogens is 3. The molecule has 0 saturated carbocycles. The predicted molar refractivity (Wildman–Crippen MR) is 84.2 cm³/mol. The predicted octanol–water partition coefficient (Wildman–Crippen LogP) is 0.995. The molecule has 1 fully saturated rings. The molecule has 1 aliphatic heterocycles. The quantitative estimate of drug-likeness (QED) is 0.806. The summed E-state index contributed by atoms with van der Waals surface area (Å²) in [6, 6.07) is 0. The maximum absolute atomic E-state index is 12.0. The number of hydrogen-bond donors (Lipinski definition) is 0. The third kappa shape index (κ3) is 4.19. The average molecular weight is 308 g/mol. The largest absolute Gasteiger partial charge is 0.444 e. The van der Waals surface area contributed by atoms with Gasteiger partial charge in [-0.2, -0.15) is 4.98 Å². The number of rotatable bonds is 2. The lowest BCUT2D eigenvalue weighted by atomic mass is 10.2. The van der Waals surface area contributed by atoms with Crippen LogP contribution in [0.2, 0.25) is 0 Å². The first kappa shape index (κ1) is 16.3. The van der Waals surface area contributed by atoms with Crippen molar-refractivity contribution in [1.82, 2.24) is 19.9 Å². The smallest absolute Gasteiger partial charge is 0.410 e. The van der Waals surface area contributed by atoms with E-state index in [1.807, 2.05) is 39.8 Å². The zero-order chi connectivity index (χ0) is 16.3. The van der Waals surface area contributed by atoms with Gasteiger partial charge in [-0.15, -0.1) is 0 Å². The summed E-state index contributed by atoms with van der Waals surface area (Å²) in [5.41, 5.74) is -0.469. The van der Waals surface area contributed by atoms with Gasteiger partial charge in [0.05, 0.1) is 0 Å². The second kappa shape index (κ2) is 6.33. The first-order valence-electron chi connectivity index (χ1n) is 7.35. The van der Waals surface area contributed by atoms with Crippen LogP contribution in [-0.2, 0) is 4.74 Å². The van der Waals surface area contributed by atoms with Crippen LogP contribution in [0.1, 0.15) is 20.8 Å². The fourth-order valence-electron chi connectivity index (χ4n) is 2.06. The second-order valence-corrected chi connectivity index (χ2v) is 6.43. The van der Waals surface area contributed by atoms with Crippen LogP contribution in [0.25, 0.3) is 0 Å². The maximum atomic E-state index is 12.0. The molecule has 0 aliphatic carbocycles. The lowest BCUT2D eigenvalue weighted by Crippen LogP contribution is -2.50. The summed E-state index contributed by atoms with van der Waals surface area (Å²) < 4.78 is 5.39. The Morgan fingerprint density at radius 2 is 1.82 bits per heavy atom. The molecule has 1 aliphatic rings. The number of hydrogen-bond acceptors (Lipinski definition) is 7. The van der Waals surface area contributed by atoms with Crippen LogP contribution in [0.5, 0.6) is 0 Å². The van der Waals surface area contributed by atoms with Crippen LogP contribution in [0.15, 0.2) is 6.33 Å². The molecule has 0 N–H and O–H groups in total. The summed E-state index contributed by atoms with van der Waals surface area (Å²) in [4.78, 5) is 30.4. The Kier molecular flexibility index (Phi) is 4.68. The minimum atomic E-state index is -0.469. The lowest BCUT2D eigenvalue weighted by Gasteiger charge is -2.35. The number of ether oxygens (including phenoxy) is 1. The van der Waals surface area contributed by atoms with Gasteiger partial charge in [0.2, 0.25) is 11.9 Å². The summed E-state index contributed by atoms with van der Waals surface area (Å²) in [5.74, 6) is 1.27. The van der Waals surface area contributed by atoms with Crippen LogP contribution < -0.4 is 9.80 Å².